The van der Waals surface area contributed by atoms with E-state index in [0.717, 1.165) is 12.1 Å². The average molecular weight is 501 g/mol. The lowest BCUT2D eigenvalue weighted by molar-refractivity contribution is -0.134. The Hall–Kier alpha value is -3.66. The normalized spacial score (nSPS) is 13.9. The van der Waals surface area contributed by atoms with Gasteiger partial charge in [0.05, 0.1) is 10.7 Å². The smallest absolute Gasteiger partial charge is 0.271 e. The third-order valence-electron chi connectivity index (χ3n) is 5.72. The minimum atomic E-state index is -1.08. The molecule has 1 aliphatic heterocycles. The topological polar surface area (TPSA) is 105 Å². The highest BCUT2D eigenvalue weighted by atomic mass is 35.5. The minimum absolute atomic E-state index is 0.0452. The predicted molar refractivity (Wildman–Crippen MR) is 128 cm³/mol. The Morgan fingerprint density at radius 1 is 1.03 bits per heavy atom. The molecule has 0 spiro atoms. The Morgan fingerprint density at radius 2 is 1.74 bits per heavy atom. The number of piperazine rings is 1. The van der Waals surface area contributed by atoms with E-state index in [1.54, 1.807) is 11.0 Å². The second kappa shape index (κ2) is 9.91. The fourth-order valence-electron chi connectivity index (χ4n) is 3.92. The lowest BCUT2D eigenvalue weighted by Crippen LogP contribution is -2.50. The van der Waals surface area contributed by atoms with Gasteiger partial charge in [-0.15, -0.1) is 0 Å². The first kappa shape index (κ1) is 24.5. The van der Waals surface area contributed by atoms with Crippen molar-refractivity contribution in [2.24, 2.45) is 11.7 Å². The molecule has 0 atom stereocenters. The summed E-state index contributed by atoms with van der Waals surface area (Å²) >= 11 is 6.38. The molecule has 1 aliphatic rings. The first-order valence-electron chi connectivity index (χ1n) is 11.0. The fourth-order valence-corrected chi connectivity index (χ4v) is 4.12. The number of nitrogens with zero attached hydrogens (tertiary/aromatic N) is 5. The van der Waals surface area contributed by atoms with E-state index in [0.29, 0.717) is 31.7 Å². The number of benzene rings is 1. The molecule has 0 aliphatic carbocycles. The van der Waals surface area contributed by atoms with Crippen molar-refractivity contribution in [2.75, 3.05) is 31.1 Å². The molecule has 0 radical (unpaired) electrons. The molecule has 1 aromatic carbocycles. The Morgan fingerprint density at radius 3 is 2.34 bits per heavy atom. The summed E-state index contributed by atoms with van der Waals surface area (Å²) in [6.07, 6.45) is 2.93. The Kier molecular flexibility index (Phi) is 6.93. The number of halogens is 3. The zero-order valence-electron chi connectivity index (χ0n) is 19.1. The molecule has 1 fully saturated rings. The Labute approximate surface area is 205 Å². The summed E-state index contributed by atoms with van der Waals surface area (Å²) in [5, 5.41) is 0.260. The van der Waals surface area contributed by atoms with Crippen molar-refractivity contribution in [1.82, 2.24) is 19.9 Å². The van der Waals surface area contributed by atoms with Crippen LogP contribution in [0.2, 0.25) is 5.02 Å². The molecule has 35 heavy (non-hydrogen) atoms. The van der Waals surface area contributed by atoms with Gasteiger partial charge in [-0.1, -0.05) is 25.4 Å². The molecule has 11 heteroatoms. The predicted octanol–water partition coefficient (Wildman–Crippen LogP) is 3.54. The summed E-state index contributed by atoms with van der Waals surface area (Å²) in [5.74, 6) is -2.78. The Bertz CT molecular complexity index is 1300. The number of hydrogen-bond acceptors (Lipinski definition) is 6. The molecule has 0 bridgehead atoms. The maximum absolute atomic E-state index is 14.1. The van der Waals surface area contributed by atoms with Crippen LogP contribution in [0.15, 0.2) is 36.7 Å². The van der Waals surface area contributed by atoms with Crippen molar-refractivity contribution >= 4 is 29.2 Å². The number of anilines is 1. The van der Waals surface area contributed by atoms with Gasteiger partial charge in [0.1, 0.15) is 5.69 Å². The molecule has 0 unspecified atom stereocenters. The van der Waals surface area contributed by atoms with Crippen molar-refractivity contribution < 1.29 is 18.4 Å². The highest BCUT2D eigenvalue weighted by Crippen LogP contribution is 2.36. The largest absolute Gasteiger partial charge is 0.364 e. The molecule has 0 saturated carbocycles. The van der Waals surface area contributed by atoms with E-state index < -0.39 is 17.5 Å². The maximum atomic E-state index is 14.1. The summed E-state index contributed by atoms with van der Waals surface area (Å²) < 4.78 is 27.7. The molecular weight excluding hydrogens is 478 g/mol. The third-order valence-corrected chi connectivity index (χ3v) is 6.02. The summed E-state index contributed by atoms with van der Waals surface area (Å²) in [6, 6.07) is 4.89. The van der Waals surface area contributed by atoms with Crippen LogP contribution >= 0.6 is 11.6 Å². The third kappa shape index (κ3) is 4.93. The summed E-state index contributed by atoms with van der Waals surface area (Å²) in [5.41, 5.74) is 6.54. The van der Waals surface area contributed by atoms with E-state index in [9.17, 15) is 18.4 Å². The van der Waals surface area contributed by atoms with Gasteiger partial charge in [-0.3, -0.25) is 14.6 Å². The summed E-state index contributed by atoms with van der Waals surface area (Å²) in [7, 11) is 0. The zero-order valence-corrected chi connectivity index (χ0v) is 19.9. The van der Waals surface area contributed by atoms with Crippen LogP contribution in [0.4, 0.5) is 14.6 Å². The molecule has 2 aromatic heterocycles. The zero-order chi connectivity index (χ0) is 25.3. The lowest BCUT2D eigenvalue weighted by Gasteiger charge is -2.36. The molecule has 4 rings (SSSR count). The van der Waals surface area contributed by atoms with Gasteiger partial charge in [-0.2, -0.15) is 0 Å². The number of pyridine rings is 1. The van der Waals surface area contributed by atoms with Gasteiger partial charge >= 0.3 is 0 Å². The quantitative estimate of drug-likeness (QED) is 0.574. The number of aromatic nitrogens is 3. The van der Waals surface area contributed by atoms with E-state index >= 15 is 0 Å². The number of hydrogen-bond donors (Lipinski definition) is 1. The molecule has 3 heterocycles. The van der Waals surface area contributed by atoms with Gasteiger partial charge in [0, 0.05) is 55.6 Å². The molecule has 2 amide bonds. The van der Waals surface area contributed by atoms with E-state index in [2.05, 4.69) is 9.97 Å². The molecule has 2 N–H and O–H groups in total. The second-order valence-corrected chi connectivity index (χ2v) is 8.82. The number of amides is 2. The van der Waals surface area contributed by atoms with Gasteiger partial charge in [0.25, 0.3) is 5.91 Å². The standard InChI is InChI=1S/C24H23ClF2N6O2/c1-13(2)24(35)33-9-7-32(8-10-33)23-21(22(28)34)30-19(14-3-4-17(26)18(27)11-14)20(31-23)15-5-6-29-12-16(15)25/h3-6,11-13H,7-10H2,1-2H3,(H2,28,34). The molecule has 3 aromatic rings. The summed E-state index contributed by atoms with van der Waals surface area (Å²) in [6.45, 7) is 5.36. The number of carbonyl (C=O) groups is 2. The lowest BCUT2D eigenvalue weighted by atomic mass is 10.0. The number of primary amides is 1. The van der Waals surface area contributed by atoms with Crippen LogP contribution in [0.3, 0.4) is 0 Å². The highest BCUT2D eigenvalue weighted by Gasteiger charge is 2.29. The SMILES string of the molecule is CC(C)C(=O)N1CCN(c2nc(-c3ccncc3Cl)c(-c3ccc(F)c(F)c3)nc2C(N)=O)CC1. The van der Waals surface area contributed by atoms with Gasteiger partial charge < -0.3 is 15.5 Å². The van der Waals surface area contributed by atoms with Crippen molar-refractivity contribution in [2.45, 2.75) is 13.8 Å². The van der Waals surface area contributed by atoms with Crippen LogP contribution in [0, 0.1) is 17.6 Å². The Balaban J connectivity index is 1.85. The number of rotatable bonds is 5. The fraction of sp³-hybridized carbons (Fsp3) is 0.292. The second-order valence-electron chi connectivity index (χ2n) is 8.41. The highest BCUT2D eigenvalue weighted by molar-refractivity contribution is 6.33. The van der Waals surface area contributed by atoms with E-state index in [1.165, 1.54) is 18.5 Å². The van der Waals surface area contributed by atoms with Crippen LogP contribution in [-0.4, -0.2) is 57.8 Å². The molecule has 182 valence electrons. The van der Waals surface area contributed by atoms with Gasteiger partial charge in [0.15, 0.2) is 23.1 Å². The van der Waals surface area contributed by atoms with Crippen molar-refractivity contribution in [3.8, 4) is 22.5 Å². The van der Waals surface area contributed by atoms with Crippen LogP contribution in [0.25, 0.3) is 22.5 Å². The van der Waals surface area contributed by atoms with Crippen molar-refractivity contribution in [3.05, 3.63) is 59.0 Å². The minimum Gasteiger partial charge on any atom is -0.364 e. The van der Waals surface area contributed by atoms with E-state index in [4.69, 9.17) is 22.3 Å². The summed E-state index contributed by atoms with van der Waals surface area (Å²) in [4.78, 5) is 41.5. The average Bonchev–Trinajstić information content (AvgIpc) is 2.85. The number of carbonyl (C=O) groups excluding carboxylic acids is 2. The maximum Gasteiger partial charge on any atom is 0.271 e. The van der Waals surface area contributed by atoms with Gasteiger partial charge in [0.2, 0.25) is 5.91 Å². The first-order chi connectivity index (χ1) is 16.7. The molecule has 1 saturated heterocycles. The first-order valence-corrected chi connectivity index (χ1v) is 11.4. The molecular formula is C24H23ClF2N6O2. The van der Waals surface area contributed by atoms with Crippen molar-refractivity contribution in [1.29, 1.82) is 0 Å². The van der Waals surface area contributed by atoms with Crippen LogP contribution in [0.5, 0.6) is 0 Å². The van der Waals surface area contributed by atoms with Gasteiger partial charge in [-0.25, -0.2) is 18.7 Å². The monoisotopic (exact) mass is 500 g/mol. The van der Waals surface area contributed by atoms with Crippen LogP contribution in [-0.2, 0) is 4.79 Å². The van der Waals surface area contributed by atoms with E-state index in [-0.39, 0.29) is 45.3 Å². The van der Waals surface area contributed by atoms with Crippen LogP contribution in [0.1, 0.15) is 24.3 Å². The molecule has 8 nitrogen and oxygen atoms in total. The van der Waals surface area contributed by atoms with Gasteiger partial charge in [-0.05, 0) is 24.3 Å². The van der Waals surface area contributed by atoms with Crippen molar-refractivity contribution in [3.63, 3.8) is 0 Å². The van der Waals surface area contributed by atoms with E-state index in [1.807, 2.05) is 18.7 Å². The van der Waals surface area contributed by atoms with Crippen LogP contribution < -0.4 is 10.6 Å². The number of nitrogens with two attached hydrogens (primary N) is 1.